The van der Waals surface area contributed by atoms with Crippen molar-refractivity contribution >= 4 is 58.6 Å². The van der Waals surface area contributed by atoms with Gasteiger partial charge in [0.2, 0.25) is 0 Å². The van der Waals surface area contributed by atoms with Gasteiger partial charge < -0.3 is 21.4 Å². The summed E-state index contributed by atoms with van der Waals surface area (Å²) in [6, 6.07) is 7.29. The Morgan fingerprint density at radius 3 is 2.61 bits per heavy atom. The number of benzene rings is 1. The van der Waals surface area contributed by atoms with Crippen molar-refractivity contribution < 1.29 is 9.59 Å². The van der Waals surface area contributed by atoms with Crippen molar-refractivity contribution in [2.24, 2.45) is 10.7 Å². The van der Waals surface area contributed by atoms with E-state index in [9.17, 15) is 9.59 Å². The van der Waals surface area contributed by atoms with Crippen LogP contribution in [0.1, 0.15) is 47.1 Å². The van der Waals surface area contributed by atoms with Crippen LogP contribution in [-0.4, -0.2) is 34.0 Å². The normalized spacial score (nSPS) is 11.4. The molecule has 0 aliphatic heterocycles. The van der Waals surface area contributed by atoms with Gasteiger partial charge in [0.25, 0.3) is 0 Å². The molecular formula is C22H21Cl2N7O2. The summed E-state index contributed by atoms with van der Waals surface area (Å²) in [5, 5.41) is 13.1. The van der Waals surface area contributed by atoms with Crippen LogP contribution in [0.15, 0.2) is 47.7 Å². The Hall–Kier alpha value is -3.69. The minimum atomic E-state index is -0.572. The SMILES string of the molecule is CC(C)c1cc(C(=O)c2cncc(NC(=O)Nc3ccc(Cl)cc3Cl)c2)c(C(N)=NC=N)[nH]1. The Morgan fingerprint density at radius 1 is 1.18 bits per heavy atom. The molecule has 2 heterocycles. The molecule has 2 aromatic heterocycles. The number of amides is 2. The van der Waals surface area contributed by atoms with Crippen molar-refractivity contribution in [3.05, 3.63) is 75.3 Å². The predicted molar refractivity (Wildman–Crippen MR) is 131 cm³/mol. The van der Waals surface area contributed by atoms with Gasteiger partial charge in [0.05, 0.1) is 33.9 Å². The minimum Gasteiger partial charge on any atom is -0.382 e. The fourth-order valence-corrected chi connectivity index (χ4v) is 3.42. The van der Waals surface area contributed by atoms with Crippen molar-refractivity contribution in [2.45, 2.75) is 19.8 Å². The maximum atomic E-state index is 13.2. The molecule has 6 N–H and O–H groups in total. The lowest BCUT2D eigenvalue weighted by molar-refractivity contribution is 0.103. The molecule has 0 saturated heterocycles. The van der Waals surface area contributed by atoms with E-state index in [2.05, 4.69) is 25.6 Å². The number of anilines is 2. The summed E-state index contributed by atoms with van der Waals surface area (Å²) < 4.78 is 0. The smallest absolute Gasteiger partial charge is 0.323 e. The first kappa shape index (κ1) is 24.0. The number of nitrogens with zero attached hydrogens (tertiary/aromatic N) is 2. The molecule has 0 aliphatic carbocycles. The first-order chi connectivity index (χ1) is 15.7. The third-order valence-corrected chi connectivity index (χ3v) is 5.15. The Bertz CT molecular complexity index is 1250. The summed E-state index contributed by atoms with van der Waals surface area (Å²) in [5.74, 6) is -0.247. The number of pyridine rings is 1. The van der Waals surface area contributed by atoms with Crippen molar-refractivity contribution in [3.63, 3.8) is 0 Å². The van der Waals surface area contributed by atoms with E-state index in [1.54, 1.807) is 18.2 Å². The number of amidine groups is 1. The van der Waals surface area contributed by atoms with Crippen LogP contribution in [0.5, 0.6) is 0 Å². The molecule has 1 aromatic carbocycles. The number of ketones is 1. The zero-order chi connectivity index (χ0) is 24.1. The molecule has 170 valence electrons. The molecule has 0 atom stereocenters. The molecule has 9 nitrogen and oxygen atoms in total. The Balaban J connectivity index is 1.84. The van der Waals surface area contributed by atoms with E-state index in [1.807, 2.05) is 13.8 Å². The number of urea groups is 1. The first-order valence-electron chi connectivity index (χ1n) is 9.78. The second kappa shape index (κ2) is 10.3. The van der Waals surface area contributed by atoms with E-state index in [0.29, 0.717) is 22.1 Å². The molecule has 11 heteroatoms. The lowest BCUT2D eigenvalue weighted by Gasteiger charge is -2.10. The monoisotopic (exact) mass is 485 g/mol. The topological polar surface area (TPSA) is 149 Å². The molecule has 33 heavy (non-hydrogen) atoms. The molecule has 0 saturated carbocycles. The number of hydrogen-bond acceptors (Lipinski definition) is 4. The number of hydrogen-bond donors (Lipinski definition) is 5. The fraction of sp³-hybridized carbons (Fsp3) is 0.136. The van der Waals surface area contributed by atoms with E-state index < -0.39 is 6.03 Å². The number of aromatic amines is 1. The number of halogens is 2. The summed E-state index contributed by atoms with van der Waals surface area (Å²) in [6.07, 6.45) is 3.59. The van der Waals surface area contributed by atoms with Gasteiger partial charge in [-0.15, -0.1) is 0 Å². The molecule has 0 radical (unpaired) electrons. The third kappa shape index (κ3) is 5.76. The van der Waals surface area contributed by atoms with E-state index in [0.717, 1.165) is 12.0 Å². The van der Waals surface area contributed by atoms with Gasteiger partial charge in [-0.3, -0.25) is 15.2 Å². The second-order valence-corrected chi connectivity index (χ2v) is 8.15. The molecule has 0 fully saturated rings. The average molecular weight is 486 g/mol. The van der Waals surface area contributed by atoms with E-state index in [-0.39, 0.29) is 33.7 Å². The lowest BCUT2D eigenvalue weighted by atomic mass is 10.0. The van der Waals surface area contributed by atoms with Crippen LogP contribution in [0.25, 0.3) is 0 Å². The Labute approximate surface area is 199 Å². The van der Waals surface area contributed by atoms with Gasteiger partial charge in [-0.1, -0.05) is 37.0 Å². The zero-order valence-corrected chi connectivity index (χ0v) is 19.3. The number of aliphatic imine (C=N–C) groups is 1. The number of carbonyl (C=O) groups is 2. The highest BCUT2D eigenvalue weighted by Gasteiger charge is 2.21. The maximum Gasteiger partial charge on any atom is 0.323 e. The maximum absolute atomic E-state index is 13.2. The molecule has 0 aliphatic rings. The van der Waals surface area contributed by atoms with Gasteiger partial charge in [0.1, 0.15) is 12.2 Å². The van der Waals surface area contributed by atoms with E-state index in [4.69, 9.17) is 34.3 Å². The fourth-order valence-electron chi connectivity index (χ4n) is 2.97. The minimum absolute atomic E-state index is 0.0155. The van der Waals surface area contributed by atoms with E-state index in [1.165, 1.54) is 24.5 Å². The van der Waals surface area contributed by atoms with Crippen LogP contribution in [0, 0.1) is 5.41 Å². The number of carbonyl (C=O) groups excluding carboxylic acids is 2. The van der Waals surface area contributed by atoms with E-state index >= 15 is 0 Å². The largest absolute Gasteiger partial charge is 0.382 e. The predicted octanol–water partition coefficient (Wildman–Crippen LogP) is 5.03. The van der Waals surface area contributed by atoms with Crippen LogP contribution in [0.3, 0.4) is 0 Å². The Morgan fingerprint density at radius 2 is 1.94 bits per heavy atom. The molecule has 2 amide bonds. The van der Waals surface area contributed by atoms with Crippen molar-refractivity contribution in [1.29, 1.82) is 5.41 Å². The van der Waals surface area contributed by atoms with Gasteiger partial charge in [-0.2, -0.15) is 0 Å². The zero-order valence-electron chi connectivity index (χ0n) is 17.7. The number of nitrogens with two attached hydrogens (primary N) is 1. The second-order valence-electron chi connectivity index (χ2n) is 7.31. The summed E-state index contributed by atoms with van der Waals surface area (Å²) in [6.45, 7) is 3.93. The van der Waals surface area contributed by atoms with Crippen molar-refractivity contribution in [1.82, 2.24) is 9.97 Å². The molecule has 0 spiro atoms. The van der Waals surface area contributed by atoms with Gasteiger partial charge in [-0.05, 0) is 36.2 Å². The molecule has 0 unspecified atom stereocenters. The van der Waals surface area contributed by atoms with Gasteiger partial charge in [-0.25, -0.2) is 9.79 Å². The van der Waals surface area contributed by atoms with Crippen LogP contribution in [-0.2, 0) is 0 Å². The molecule has 0 bridgehead atoms. The highest BCUT2D eigenvalue weighted by molar-refractivity contribution is 6.36. The van der Waals surface area contributed by atoms with Gasteiger partial charge >= 0.3 is 6.03 Å². The van der Waals surface area contributed by atoms with Crippen molar-refractivity contribution in [2.75, 3.05) is 10.6 Å². The van der Waals surface area contributed by atoms with Crippen LogP contribution in [0.2, 0.25) is 10.0 Å². The van der Waals surface area contributed by atoms with Gasteiger partial charge in [0.15, 0.2) is 5.78 Å². The third-order valence-electron chi connectivity index (χ3n) is 4.60. The number of nitrogens with one attached hydrogen (secondary N) is 4. The summed E-state index contributed by atoms with van der Waals surface area (Å²) in [7, 11) is 0. The molecule has 3 aromatic rings. The van der Waals surface area contributed by atoms with Crippen LogP contribution >= 0.6 is 23.2 Å². The first-order valence-corrected chi connectivity index (χ1v) is 10.5. The lowest BCUT2D eigenvalue weighted by Crippen LogP contribution is -2.20. The quantitative estimate of drug-likeness (QED) is 0.181. The number of aromatic nitrogens is 2. The Kier molecular flexibility index (Phi) is 7.47. The summed E-state index contributed by atoms with van der Waals surface area (Å²) in [5.41, 5.74) is 8.24. The average Bonchev–Trinajstić information content (AvgIpc) is 3.21. The van der Waals surface area contributed by atoms with Gasteiger partial charge in [0, 0.05) is 22.5 Å². The highest BCUT2D eigenvalue weighted by atomic mass is 35.5. The van der Waals surface area contributed by atoms with Crippen LogP contribution < -0.4 is 16.4 Å². The molecule has 3 rings (SSSR count). The number of H-pyrrole nitrogens is 1. The number of rotatable bonds is 7. The molecular weight excluding hydrogens is 465 g/mol. The summed E-state index contributed by atoms with van der Waals surface area (Å²) >= 11 is 11.9. The highest BCUT2D eigenvalue weighted by Crippen LogP contribution is 2.26. The van der Waals surface area contributed by atoms with Crippen molar-refractivity contribution in [3.8, 4) is 0 Å². The standard InChI is InChI=1S/C22H21Cl2N7O2/c1-11(2)18-7-15(19(30-18)21(26)28-10-25)20(32)12-5-14(9-27-8-12)29-22(33)31-17-4-3-13(23)6-16(17)24/h3-11,30H,1-2H3,(H3,25,26,28)(H2,29,31,33). The van der Waals surface area contributed by atoms with Crippen LogP contribution in [0.4, 0.5) is 16.2 Å². The summed E-state index contributed by atoms with van der Waals surface area (Å²) in [4.78, 5) is 36.5.